The Hall–Kier alpha value is -1.17. The molecular weight excluding hydrogens is 235 g/mol. The minimum atomic E-state index is -0.386. The van der Waals surface area contributed by atoms with Crippen LogP contribution < -0.4 is 10.6 Å². The molecule has 5 heteroatoms. The van der Waals surface area contributed by atoms with Crippen molar-refractivity contribution in [3.63, 3.8) is 0 Å². The number of morpholine rings is 1. The zero-order valence-electron chi connectivity index (χ0n) is 10.5. The van der Waals surface area contributed by atoms with Crippen LogP contribution in [0.2, 0.25) is 0 Å². The Morgan fingerprint density at radius 1 is 1.61 bits per heavy atom. The summed E-state index contributed by atoms with van der Waals surface area (Å²) in [4.78, 5) is 1.98. The highest BCUT2D eigenvalue weighted by molar-refractivity contribution is 5.56. The van der Waals surface area contributed by atoms with Gasteiger partial charge in [0.1, 0.15) is 5.82 Å². The number of rotatable bonds is 3. The molecule has 3 N–H and O–H groups in total. The second-order valence-electron chi connectivity index (χ2n) is 4.57. The van der Waals surface area contributed by atoms with Crippen LogP contribution in [0.3, 0.4) is 0 Å². The van der Waals surface area contributed by atoms with E-state index in [0.717, 1.165) is 5.69 Å². The quantitative estimate of drug-likeness (QED) is 0.846. The SMILES string of the molecule is CC(N)c1c(F)cccc1N1CCOCC1CO. The summed E-state index contributed by atoms with van der Waals surface area (Å²) in [6, 6.07) is 4.40. The Morgan fingerprint density at radius 2 is 2.39 bits per heavy atom. The lowest BCUT2D eigenvalue weighted by atomic mass is 10.0. The van der Waals surface area contributed by atoms with Gasteiger partial charge in [0.15, 0.2) is 0 Å². The third-order valence-corrected chi connectivity index (χ3v) is 3.23. The Kier molecular flexibility index (Phi) is 4.16. The van der Waals surface area contributed by atoms with E-state index in [2.05, 4.69) is 0 Å². The van der Waals surface area contributed by atoms with Gasteiger partial charge in [-0.2, -0.15) is 0 Å². The number of hydrogen-bond acceptors (Lipinski definition) is 4. The zero-order chi connectivity index (χ0) is 13.1. The molecule has 1 aliphatic heterocycles. The second kappa shape index (κ2) is 5.65. The average molecular weight is 254 g/mol. The first kappa shape index (κ1) is 13.3. The van der Waals surface area contributed by atoms with E-state index in [1.54, 1.807) is 13.0 Å². The highest BCUT2D eigenvalue weighted by Gasteiger charge is 2.26. The minimum Gasteiger partial charge on any atom is -0.394 e. The molecule has 0 aliphatic carbocycles. The van der Waals surface area contributed by atoms with Crippen molar-refractivity contribution in [3.05, 3.63) is 29.6 Å². The van der Waals surface area contributed by atoms with Gasteiger partial charge in [0.2, 0.25) is 0 Å². The Balaban J connectivity index is 2.39. The molecule has 2 atom stereocenters. The molecule has 1 saturated heterocycles. The summed E-state index contributed by atoms with van der Waals surface area (Å²) in [5, 5.41) is 9.37. The van der Waals surface area contributed by atoms with E-state index in [-0.39, 0.29) is 24.5 Å². The number of hydrogen-bond donors (Lipinski definition) is 2. The van der Waals surface area contributed by atoms with Gasteiger partial charge in [0.05, 0.1) is 25.9 Å². The third kappa shape index (κ3) is 2.48. The first-order chi connectivity index (χ1) is 8.65. The Morgan fingerprint density at radius 3 is 3.06 bits per heavy atom. The number of nitrogens with two attached hydrogens (primary N) is 1. The molecule has 0 radical (unpaired) electrons. The molecule has 2 rings (SSSR count). The predicted molar refractivity (Wildman–Crippen MR) is 68.0 cm³/mol. The molecule has 0 saturated carbocycles. The summed E-state index contributed by atoms with van der Waals surface area (Å²) >= 11 is 0. The smallest absolute Gasteiger partial charge is 0.130 e. The van der Waals surface area contributed by atoms with Gasteiger partial charge in [-0.15, -0.1) is 0 Å². The van der Waals surface area contributed by atoms with E-state index >= 15 is 0 Å². The first-order valence-corrected chi connectivity index (χ1v) is 6.14. The van der Waals surface area contributed by atoms with Gasteiger partial charge in [-0.05, 0) is 19.1 Å². The van der Waals surface area contributed by atoms with Gasteiger partial charge >= 0.3 is 0 Å². The Labute approximate surface area is 106 Å². The summed E-state index contributed by atoms with van der Waals surface area (Å²) in [6.45, 7) is 3.40. The molecule has 4 nitrogen and oxygen atoms in total. The molecule has 1 heterocycles. The molecule has 1 aromatic rings. The van der Waals surface area contributed by atoms with E-state index in [0.29, 0.717) is 25.3 Å². The highest BCUT2D eigenvalue weighted by atomic mass is 19.1. The van der Waals surface area contributed by atoms with Crippen LogP contribution in [0.15, 0.2) is 18.2 Å². The number of ether oxygens (including phenoxy) is 1. The molecule has 0 spiro atoms. The van der Waals surface area contributed by atoms with Crippen molar-refractivity contribution in [1.82, 2.24) is 0 Å². The van der Waals surface area contributed by atoms with Gasteiger partial charge in [-0.1, -0.05) is 6.07 Å². The van der Waals surface area contributed by atoms with Gasteiger partial charge < -0.3 is 20.5 Å². The maximum atomic E-state index is 13.9. The molecule has 1 aromatic carbocycles. The van der Waals surface area contributed by atoms with Crippen LogP contribution in [0.1, 0.15) is 18.5 Å². The third-order valence-electron chi connectivity index (χ3n) is 3.23. The van der Waals surface area contributed by atoms with Crippen LogP contribution in [0, 0.1) is 5.82 Å². The molecule has 0 aromatic heterocycles. The summed E-state index contributed by atoms with van der Waals surface area (Å²) in [5.74, 6) is -0.300. The van der Waals surface area contributed by atoms with Crippen molar-refractivity contribution in [2.75, 3.05) is 31.3 Å². The molecule has 1 aliphatic rings. The number of aliphatic hydroxyl groups is 1. The number of anilines is 1. The fraction of sp³-hybridized carbons (Fsp3) is 0.538. The zero-order valence-corrected chi connectivity index (χ0v) is 10.5. The molecule has 18 heavy (non-hydrogen) atoms. The summed E-state index contributed by atoms with van der Waals surface area (Å²) in [5.41, 5.74) is 7.10. The fourth-order valence-corrected chi connectivity index (χ4v) is 2.35. The number of benzene rings is 1. The first-order valence-electron chi connectivity index (χ1n) is 6.14. The van der Waals surface area contributed by atoms with Crippen molar-refractivity contribution in [2.45, 2.75) is 19.0 Å². The Bertz CT molecular complexity index is 412. The van der Waals surface area contributed by atoms with Gasteiger partial charge in [0, 0.05) is 23.8 Å². The van der Waals surface area contributed by atoms with Crippen molar-refractivity contribution in [1.29, 1.82) is 0 Å². The van der Waals surface area contributed by atoms with E-state index < -0.39 is 0 Å². The normalized spacial score (nSPS) is 22.0. The van der Waals surface area contributed by atoms with E-state index in [1.165, 1.54) is 6.07 Å². The van der Waals surface area contributed by atoms with Crippen molar-refractivity contribution in [3.8, 4) is 0 Å². The molecular formula is C13H19FN2O2. The van der Waals surface area contributed by atoms with Gasteiger partial charge in [-0.3, -0.25) is 0 Å². The standard InChI is InChI=1S/C13H19FN2O2/c1-9(15)13-11(14)3-2-4-12(13)16-5-6-18-8-10(16)7-17/h2-4,9-10,17H,5-8,15H2,1H3. The minimum absolute atomic E-state index is 0.0189. The molecule has 2 unspecified atom stereocenters. The maximum Gasteiger partial charge on any atom is 0.130 e. The highest BCUT2D eigenvalue weighted by Crippen LogP contribution is 2.30. The monoisotopic (exact) mass is 254 g/mol. The summed E-state index contributed by atoms with van der Waals surface area (Å²) in [6.07, 6.45) is 0. The fourth-order valence-electron chi connectivity index (χ4n) is 2.35. The maximum absolute atomic E-state index is 13.9. The van der Waals surface area contributed by atoms with E-state index in [4.69, 9.17) is 10.5 Å². The van der Waals surface area contributed by atoms with Crippen molar-refractivity contribution >= 4 is 5.69 Å². The largest absolute Gasteiger partial charge is 0.394 e. The van der Waals surface area contributed by atoms with Crippen LogP contribution in [-0.4, -0.2) is 37.5 Å². The van der Waals surface area contributed by atoms with E-state index in [9.17, 15) is 9.50 Å². The number of nitrogens with zero attached hydrogens (tertiary/aromatic N) is 1. The molecule has 100 valence electrons. The predicted octanol–water partition coefficient (Wildman–Crippen LogP) is 1.04. The summed E-state index contributed by atoms with van der Waals surface area (Å²) in [7, 11) is 0. The molecule has 1 fully saturated rings. The lowest BCUT2D eigenvalue weighted by Crippen LogP contribution is -2.48. The lowest BCUT2D eigenvalue weighted by molar-refractivity contribution is 0.0725. The number of halogens is 1. The van der Waals surface area contributed by atoms with Crippen LogP contribution in [0.4, 0.5) is 10.1 Å². The molecule has 0 bridgehead atoms. The van der Waals surface area contributed by atoms with Crippen LogP contribution in [0.5, 0.6) is 0 Å². The van der Waals surface area contributed by atoms with Gasteiger partial charge in [-0.25, -0.2) is 4.39 Å². The van der Waals surface area contributed by atoms with Crippen LogP contribution in [0.25, 0.3) is 0 Å². The second-order valence-corrected chi connectivity index (χ2v) is 4.57. The molecule has 0 amide bonds. The lowest BCUT2D eigenvalue weighted by Gasteiger charge is -2.38. The van der Waals surface area contributed by atoms with Crippen LogP contribution >= 0.6 is 0 Å². The van der Waals surface area contributed by atoms with E-state index in [1.807, 2.05) is 11.0 Å². The van der Waals surface area contributed by atoms with Crippen LogP contribution in [-0.2, 0) is 4.74 Å². The summed E-state index contributed by atoms with van der Waals surface area (Å²) < 4.78 is 19.2. The number of aliphatic hydroxyl groups excluding tert-OH is 1. The average Bonchev–Trinajstić information content (AvgIpc) is 2.38. The van der Waals surface area contributed by atoms with Crippen molar-refractivity contribution in [2.24, 2.45) is 5.73 Å². The topological polar surface area (TPSA) is 58.7 Å². The van der Waals surface area contributed by atoms with Crippen molar-refractivity contribution < 1.29 is 14.2 Å². The van der Waals surface area contributed by atoms with Gasteiger partial charge in [0.25, 0.3) is 0 Å².